The van der Waals surface area contributed by atoms with E-state index in [0.29, 0.717) is 17.7 Å². The highest BCUT2D eigenvalue weighted by Gasteiger charge is 2.18. The van der Waals surface area contributed by atoms with Crippen LogP contribution in [0.5, 0.6) is 0 Å². The van der Waals surface area contributed by atoms with E-state index in [2.05, 4.69) is 20.9 Å². The summed E-state index contributed by atoms with van der Waals surface area (Å²) < 4.78 is 2.05. The van der Waals surface area contributed by atoms with Gasteiger partial charge >= 0.3 is 0 Å². The fraction of sp³-hybridized carbons (Fsp3) is 0.294. The van der Waals surface area contributed by atoms with Crippen molar-refractivity contribution in [3.05, 3.63) is 59.4 Å². The quantitative estimate of drug-likeness (QED) is 0.917. The number of nitrogens with zero attached hydrogens (tertiary/aromatic N) is 3. The monoisotopic (exact) mass is 296 g/mol. The van der Waals surface area contributed by atoms with Crippen LogP contribution >= 0.6 is 0 Å². The van der Waals surface area contributed by atoms with Gasteiger partial charge in [-0.25, -0.2) is 0 Å². The lowest BCUT2D eigenvalue weighted by molar-refractivity contribution is 0.0941. The normalized spacial score (nSPS) is 12.0. The summed E-state index contributed by atoms with van der Waals surface area (Å²) in [5, 5.41) is 11.7. The number of benzene rings is 1. The van der Waals surface area contributed by atoms with Crippen molar-refractivity contribution in [3.8, 4) is 6.07 Å². The van der Waals surface area contributed by atoms with Crippen molar-refractivity contribution in [2.75, 3.05) is 20.6 Å². The Morgan fingerprint density at radius 3 is 2.50 bits per heavy atom. The van der Waals surface area contributed by atoms with E-state index in [4.69, 9.17) is 5.26 Å². The van der Waals surface area contributed by atoms with E-state index in [0.717, 1.165) is 5.69 Å². The van der Waals surface area contributed by atoms with Crippen LogP contribution in [0.25, 0.3) is 0 Å². The van der Waals surface area contributed by atoms with Crippen molar-refractivity contribution in [1.29, 1.82) is 5.26 Å². The Morgan fingerprint density at radius 1 is 1.32 bits per heavy atom. The second-order valence-corrected chi connectivity index (χ2v) is 5.42. The Hall–Kier alpha value is -2.58. The molecule has 0 aliphatic rings. The molecular formula is C17H20N4O. The fourth-order valence-corrected chi connectivity index (χ4v) is 2.36. The van der Waals surface area contributed by atoms with Gasteiger partial charge in [0.05, 0.1) is 17.7 Å². The number of nitriles is 1. The van der Waals surface area contributed by atoms with Gasteiger partial charge in [-0.1, -0.05) is 0 Å². The molecule has 0 saturated heterocycles. The van der Waals surface area contributed by atoms with E-state index >= 15 is 0 Å². The second kappa shape index (κ2) is 6.92. The first kappa shape index (κ1) is 15.8. The number of likely N-dealkylation sites (N-methyl/N-ethyl adjacent to an activating group) is 1. The highest BCUT2D eigenvalue weighted by atomic mass is 16.1. The zero-order valence-electron chi connectivity index (χ0n) is 13.1. The van der Waals surface area contributed by atoms with Gasteiger partial charge < -0.3 is 9.88 Å². The van der Waals surface area contributed by atoms with Crippen molar-refractivity contribution in [2.45, 2.75) is 6.04 Å². The molecule has 5 nitrogen and oxygen atoms in total. The average Bonchev–Trinajstić information content (AvgIpc) is 2.93. The van der Waals surface area contributed by atoms with Gasteiger partial charge in [0.2, 0.25) is 0 Å². The van der Waals surface area contributed by atoms with Gasteiger partial charge in [-0.3, -0.25) is 9.69 Å². The van der Waals surface area contributed by atoms with Crippen LogP contribution in [-0.4, -0.2) is 36.0 Å². The zero-order chi connectivity index (χ0) is 16.1. The van der Waals surface area contributed by atoms with Crippen molar-refractivity contribution in [2.24, 2.45) is 7.05 Å². The van der Waals surface area contributed by atoms with Crippen LogP contribution in [0.4, 0.5) is 0 Å². The molecule has 1 N–H and O–H groups in total. The number of aromatic nitrogens is 1. The summed E-state index contributed by atoms with van der Waals surface area (Å²) in [5.74, 6) is -0.134. The minimum atomic E-state index is -0.134. The molecule has 1 heterocycles. The standard InChI is InChI=1S/C17H20N4O/c1-20(2)16(15-5-4-10-21(15)3)12-19-17(22)14-8-6-13(11-18)7-9-14/h4-10,16H,12H2,1-3H3,(H,19,22). The summed E-state index contributed by atoms with van der Waals surface area (Å²) in [6.07, 6.45) is 1.99. The first-order chi connectivity index (χ1) is 10.5. The topological polar surface area (TPSA) is 61.1 Å². The summed E-state index contributed by atoms with van der Waals surface area (Å²) in [5.41, 5.74) is 2.25. The van der Waals surface area contributed by atoms with E-state index in [-0.39, 0.29) is 11.9 Å². The number of rotatable bonds is 5. The molecule has 1 aromatic heterocycles. The van der Waals surface area contributed by atoms with Gasteiger partial charge in [-0.15, -0.1) is 0 Å². The first-order valence-electron chi connectivity index (χ1n) is 7.09. The van der Waals surface area contributed by atoms with Crippen molar-refractivity contribution < 1.29 is 4.79 Å². The summed E-state index contributed by atoms with van der Waals surface area (Å²) >= 11 is 0. The number of hydrogen-bond donors (Lipinski definition) is 1. The molecule has 0 spiro atoms. The average molecular weight is 296 g/mol. The first-order valence-corrected chi connectivity index (χ1v) is 7.09. The van der Waals surface area contributed by atoms with E-state index < -0.39 is 0 Å². The zero-order valence-corrected chi connectivity index (χ0v) is 13.1. The minimum absolute atomic E-state index is 0.0994. The van der Waals surface area contributed by atoms with E-state index in [1.54, 1.807) is 24.3 Å². The molecule has 1 unspecified atom stereocenters. The van der Waals surface area contributed by atoms with Crippen LogP contribution in [-0.2, 0) is 7.05 Å². The van der Waals surface area contributed by atoms with E-state index in [9.17, 15) is 4.79 Å². The predicted molar refractivity (Wildman–Crippen MR) is 85.3 cm³/mol. The maximum atomic E-state index is 12.2. The lowest BCUT2D eigenvalue weighted by atomic mass is 10.1. The van der Waals surface area contributed by atoms with Gasteiger partial charge in [-0.05, 0) is 50.5 Å². The minimum Gasteiger partial charge on any atom is -0.353 e. The number of aryl methyl sites for hydroxylation is 1. The molecular weight excluding hydrogens is 276 g/mol. The number of carbonyl (C=O) groups is 1. The summed E-state index contributed by atoms with van der Waals surface area (Å²) in [6, 6.07) is 12.8. The van der Waals surface area contributed by atoms with Gasteiger partial charge in [0.15, 0.2) is 0 Å². The summed E-state index contributed by atoms with van der Waals surface area (Å²) in [7, 11) is 5.98. The smallest absolute Gasteiger partial charge is 0.251 e. The van der Waals surface area contributed by atoms with Crippen LogP contribution in [0.1, 0.15) is 27.7 Å². The number of amides is 1. The molecule has 22 heavy (non-hydrogen) atoms. The Balaban J connectivity index is 2.04. The molecule has 1 aromatic carbocycles. The van der Waals surface area contributed by atoms with Gasteiger partial charge in [0.1, 0.15) is 0 Å². The highest BCUT2D eigenvalue weighted by molar-refractivity contribution is 5.94. The maximum absolute atomic E-state index is 12.2. The van der Waals surface area contributed by atoms with Gasteiger partial charge in [-0.2, -0.15) is 5.26 Å². The lowest BCUT2D eigenvalue weighted by Gasteiger charge is -2.25. The summed E-state index contributed by atoms with van der Waals surface area (Å²) in [6.45, 7) is 0.518. The third-order valence-corrected chi connectivity index (χ3v) is 3.68. The molecule has 2 aromatic rings. The third-order valence-electron chi connectivity index (χ3n) is 3.68. The predicted octanol–water partition coefficient (Wildman–Crippen LogP) is 1.93. The van der Waals surface area contributed by atoms with Crippen LogP contribution in [0, 0.1) is 11.3 Å². The number of nitrogens with one attached hydrogen (secondary N) is 1. The lowest BCUT2D eigenvalue weighted by Crippen LogP contribution is -2.35. The Morgan fingerprint density at radius 2 is 2.00 bits per heavy atom. The van der Waals surface area contributed by atoms with Crippen LogP contribution in [0.2, 0.25) is 0 Å². The second-order valence-electron chi connectivity index (χ2n) is 5.42. The van der Waals surface area contributed by atoms with Gasteiger partial charge in [0, 0.05) is 31.0 Å². The van der Waals surface area contributed by atoms with Crippen LogP contribution in [0.3, 0.4) is 0 Å². The van der Waals surface area contributed by atoms with Crippen molar-refractivity contribution in [1.82, 2.24) is 14.8 Å². The van der Waals surface area contributed by atoms with E-state index in [1.807, 2.05) is 39.5 Å². The molecule has 1 atom stereocenters. The Labute approximate surface area is 130 Å². The van der Waals surface area contributed by atoms with Crippen molar-refractivity contribution in [3.63, 3.8) is 0 Å². The molecule has 2 rings (SSSR count). The summed E-state index contributed by atoms with van der Waals surface area (Å²) in [4.78, 5) is 14.3. The SMILES string of the molecule is CN(C)C(CNC(=O)c1ccc(C#N)cc1)c1cccn1C. The highest BCUT2D eigenvalue weighted by Crippen LogP contribution is 2.17. The Bertz CT molecular complexity index is 679. The van der Waals surface area contributed by atoms with E-state index in [1.165, 1.54) is 0 Å². The number of carbonyl (C=O) groups excluding carboxylic acids is 1. The largest absolute Gasteiger partial charge is 0.353 e. The van der Waals surface area contributed by atoms with Crippen LogP contribution in [0.15, 0.2) is 42.6 Å². The molecule has 114 valence electrons. The molecule has 0 fully saturated rings. The maximum Gasteiger partial charge on any atom is 0.251 e. The molecule has 1 amide bonds. The molecule has 0 aliphatic heterocycles. The number of hydrogen-bond acceptors (Lipinski definition) is 3. The molecule has 0 radical (unpaired) electrons. The van der Waals surface area contributed by atoms with Crippen molar-refractivity contribution >= 4 is 5.91 Å². The molecule has 0 saturated carbocycles. The molecule has 0 bridgehead atoms. The fourth-order valence-electron chi connectivity index (χ4n) is 2.36. The molecule has 5 heteroatoms. The Kier molecular flexibility index (Phi) is 4.97. The van der Waals surface area contributed by atoms with Gasteiger partial charge in [0.25, 0.3) is 5.91 Å². The third kappa shape index (κ3) is 3.54. The molecule has 0 aliphatic carbocycles. The van der Waals surface area contributed by atoms with Crippen LogP contribution < -0.4 is 5.32 Å².